The number of aryl methyl sites for hydroxylation is 1. The zero-order valence-electron chi connectivity index (χ0n) is 16.3. The third-order valence-electron chi connectivity index (χ3n) is 4.03. The number of rotatable bonds is 9. The maximum absolute atomic E-state index is 12.4. The highest BCUT2D eigenvalue weighted by molar-refractivity contribution is 7.91. The molecule has 0 aliphatic rings. The van der Waals surface area contributed by atoms with Crippen molar-refractivity contribution < 1.29 is 17.9 Å². The van der Waals surface area contributed by atoms with Crippen molar-refractivity contribution in [1.29, 1.82) is 0 Å². The molecular formula is C19H18Cl2N4O4S2. The largest absolute Gasteiger partial charge is 0.492 e. The molecular weight excluding hydrogens is 483 g/mol. The van der Waals surface area contributed by atoms with Crippen LogP contribution < -0.4 is 14.8 Å². The topological polar surface area (TPSA) is 110 Å². The van der Waals surface area contributed by atoms with Gasteiger partial charge in [-0.25, -0.2) is 13.1 Å². The lowest BCUT2D eigenvalue weighted by Crippen LogP contribution is -2.28. The summed E-state index contributed by atoms with van der Waals surface area (Å²) in [7, 11) is -3.90. The highest BCUT2D eigenvalue weighted by Gasteiger charge is 2.21. The lowest BCUT2D eigenvalue weighted by atomic mass is 10.2. The van der Waals surface area contributed by atoms with E-state index in [9.17, 15) is 13.2 Å². The van der Waals surface area contributed by atoms with Crippen molar-refractivity contribution in [2.75, 3.05) is 18.5 Å². The molecule has 8 nitrogen and oxygen atoms in total. The number of ether oxygens (including phenoxy) is 1. The highest BCUT2D eigenvalue weighted by atomic mass is 35.5. The zero-order chi connectivity index (χ0) is 22.4. The summed E-state index contributed by atoms with van der Waals surface area (Å²) in [5, 5.41) is 10.4. The minimum absolute atomic E-state index is 0.0173. The fraction of sp³-hybridized carbons (Fsp3) is 0.211. The Labute approximate surface area is 193 Å². The second kappa shape index (κ2) is 10.4. The first-order valence-electron chi connectivity index (χ1n) is 9.10. The van der Waals surface area contributed by atoms with E-state index in [-0.39, 0.29) is 33.2 Å². The molecule has 0 aliphatic heterocycles. The molecule has 3 aromatic rings. The average molecular weight is 501 g/mol. The standard InChI is InChI=1S/C19H18Cl2N4O4S2/c1-2-12-3-6-14(7-4-12)29-10-9-22-31(27,28)19-25-24-18(30-19)23-17(26)15-8-5-13(20)11-16(15)21/h3-8,11,22H,2,9-10H2,1H3,(H,23,24,26). The Bertz CT molecular complexity index is 1170. The van der Waals surface area contributed by atoms with Crippen molar-refractivity contribution in [3.05, 3.63) is 63.6 Å². The Morgan fingerprint density at radius 2 is 1.87 bits per heavy atom. The Hall–Kier alpha value is -2.24. The summed E-state index contributed by atoms with van der Waals surface area (Å²) in [5.41, 5.74) is 1.36. The summed E-state index contributed by atoms with van der Waals surface area (Å²) in [6.45, 7) is 2.24. The van der Waals surface area contributed by atoms with E-state index in [0.29, 0.717) is 22.1 Å². The van der Waals surface area contributed by atoms with Gasteiger partial charge in [-0.2, -0.15) is 0 Å². The molecule has 2 N–H and O–H groups in total. The summed E-state index contributed by atoms with van der Waals surface area (Å²) in [6.07, 6.45) is 0.928. The number of carbonyl (C=O) groups is 1. The molecule has 0 saturated heterocycles. The quantitative estimate of drug-likeness (QED) is 0.339. The van der Waals surface area contributed by atoms with Crippen LogP contribution in [0.2, 0.25) is 10.0 Å². The van der Waals surface area contributed by atoms with Crippen LogP contribution in [0.25, 0.3) is 0 Å². The molecule has 1 aromatic heterocycles. The van der Waals surface area contributed by atoms with Gasteiger partial charge in [0.15, 0.2) is 0 Å². The number of nitrogens with one attached hydrogen (secondary N) is 2. The second-order valence-electron chi connectivity index (χ2n) is 6.20. The monoisotopic (exact) mass is 500 g/mol. The van der Waals surface area contributed by atoms with Gasteiger partial charge in [0.1, 0.15) is 12.4 Å². The first-order chi connectivity index (χ1) is 14.8. The normalized spacial score (nSPS) is 11.3. The molecule has 1 amide bonds. The van der Waals surface area contributed by atoms with Gasteiger partial charge in [0.25, 0.3) is 15.9 Å². The van der Waals surface area contributed by atoms with E-state index in [1.807, 2.05) is 24.3 Å². The van der Waals surface area contributed by atoms with Crippen molar-refractivity contribution in [2.45, 2.75) is 17.7 Å². The number of carbonyl (C=O) groups excluding carboxylic acids is 1. The van der Waals surface area contributed by atoms with E-state index in [1.165, 1.54) is 23.8 Å². The molecule has 0 radical (unpaired) electrons. The minimum atomic E-state index is -3.90. The predicted octanol–water partition coefficient (Wildman–Crippen LogP) is 4.02. The zero-order valence-corrected chi connectivity index (χ0v) is 19.4. The van der Waals surface area contributed by atoms with E-state index in [2.05, 4.69) is 27.2 Å². The van der Waals surface area contributed by atoms with Crippen molar-refractivity contribution in [3.63, 3.8) is 0 Å². The number of hydrogen-bond acceptors (Lipinski definition) is 7. The van der Waals surface area contributed by atoms with Crippen LogP contribution in [0.3, 0.4) is 0 Å². The number of nitrogens with zero attached hydrogens (tertiary/aromatic N) is 2. The lowest BCUT2D eigenvalue weighted by molar-refractivity contribution is 0.102. The SMILES string of the molecule is CCc1ccc(OCCNS(=O)(=O)c2nnc(NC(=O)c3ccc(Cl)cc3Cl)s2)cc1. The summed E-state index contributed by atoms with van der Waals surface area (Å²) >= 11 is 12.5. The molecule has 0 saturated carbocycles. The minimum Gasteiger partial charge on any atom is -0.492 e. The van der Waals surface area contributed by atoms with Crippen molar-refractivity contribution in [1.82, 2.24) is 14.9 Å². The van der Waals surface area contributed by atoms with E-state index in [4.69, 9.17) is 27.9 Å². The first-order valence-corrected chi connectivity index (χ1v) is 12.2. The van der Waals surface area contributed by atoms with Crippen molar-refractivity contribution in [3.8, 4) is 5.75 Å². The van der Waals surface area contributed by atoms with E-state index < -0.39 is 15.9 Å². The molecule has 12 heteroatoms. The van der Waals surface area contributed by atoms with Crippen LogP contribution in [0.15, 0.2) is 46.8 Å². The fourth-order valence-corrected chi connectivity index (χ4v) is 4.88. The van der Waals surface area contributed by atoms with Gasteiger partial charge in [-0.3, -0.25) is 10.1 Å². The molecule has 1 heterocycles. The van der Waals surface area contributed by atoms with Gasteiger partial charge >= 0.3 is 0 Å². The molecule has 0 atom stereocenters. The van der Waals surface area contributed by atoms with Crippen LogP contribution in [0.1, 0.15) is 22.8 Å². The Kier molecular flexibility index (Phi) is 7.84. The van der Waals surface area contributed by atoms with Gasteiger partial charge in [0.05, 0.1) is 10.6 Å². The van der Waals surface area contributed by atoms with Crippen LogP contribution in [0.5, 0.6) is 5.75 Å². The van der Waals surface area contributed by atoms with Gasteiger partial charge in [0.2, 0.25) is 9.47 Å². The number of hydrogen-bond donors (Lipinski definition) is 2. The summed E-state index contributed by atoms with van der Waals surface area (Å²) < 4.78 is 32.4. The Morgan fingerprint density at radius 3 is 2.55 bits per heavy atom. The van der Waals surface area contributed by atoms with Crippen LogP contribution in [0.4, 0.5) is 5.13 Å². The van der Waals surface area contributed by atoms with Crippen molar-refractivity contribution >= 4 is 55.6 Å². The van der Waals surface area contributed by atoms with Gasteiger partial charge in [-0.05, 0) is 42.3 Å². The van der Waals surface area contributed by atoms with Gasteiger partial charge in [-0.1, -0.05) is 53.6 Å². The van der Waals surface area contributed by atoms with Crippen LogP contribution in [0, 0.1) is 0 Å². The van der Waals surface area contributed by atoms with Crippen LogP contribution in [-0.2, 0) is 16.4 Å². The Morgan fingerprint density at radius 1 is 1.13 bits per heavy atom. The molecule has 0 spiro atoms. The predicted molar refractivity (Wildman–Crippen MR) is 121 cm³/mol. The average Bonchev–Trinajstić information content (AvgIpc) is 3.21. The van der Waals surface area contributed by atoms with Crippen LogP contribution in [-0.4, -0.2) is 37.7 Å². The fourth-order valence-electron chi connectivity index (χ4n) is 2.43. The van der Waals surface area contributed by atoms with Gasteiger partial charge in [-0.15, -0.1) is 10.2 Å². The molecule has 31 heavy (non-hydrogen) atoms. The summed E-state index contributed by atoms with van der Waals surface area (Å²) in [6, 6.07) is 12.0. The molecule has 0 fully saturated rings. The number of sulfonamides is 1. The van der Waals surface area contributed by atoms with E-state index in [0.717, 1.165) is 6.42 Å². The molecule has 0 bridgehead atoms. The number of anilines is 1. The second-order valence-corrected chi connectivity index (χ2v) is 9.96. The third kappa shape index (κ3) is 6.37. The molecule has 0 unspecified atom stereocenters. The smallest absolute Gasteiger partial charge is 0.269 e. The number of halogens is 2. The third-order valence-corrected chi connectivity index (χ3v) is 7.24. The van der Waals surface area contributed by atoms with E-state index >= 15 is 0 Å². The number of aromatic nitrogens is 2. The molecule has 0 aliphatic carbocycles. The molecule has 3 rings (SSSR count). The maximum Gasteiger partial charge on any atom is 0.269 e. The van der Waals surface area contributed by atoms with Crippen molar-refractivity contribution in [2.24, 2.45) is 0 Å². The van der Waals surface area contributed by atoms with Gasteiger partial charge in [0, 0.05) is 11.6 Å². The van der Waals surface area contributed by atoms with E-state index in [1.54, 1.807) is 0 Å². The summed E-state index contributed by atoms with van der Waals surface area (Å²) in [4.78, 5) is 12.3. The molecule has 2 aromatic carbocycles. The number of benzene rings is 2. The highest BCUT2D eigenvalue weighted by Crippen LogP contribution is 2.24. The lowest BCUT2D eigenvalue weighted by Gasteiger charge is -2.07. The first kappa shape index (κ1) is 23.4. The Balaban J connectivity index is 1.54. The van der Waals surface area contributed by atoms with Crippen LogP contribution >= 0.6 is 34.5 Å². The van der Waals surface area contributed by atoms with Gasteiger partial charge < -0.3 is 4.74 Å². The maximum atomic E-state index is 12.4. The summed E-state index contributed by atoms with van der Waals surface area (Å²) in [5.74, 6) is 0.0930. The number of amides is 1. The molecule has 164 valence electrons.